The summed E-state index contributed by atoms with van der Waals surface area (Å²) >= 11 is 0. The van der Waals surface area contributed by atoms with Gasteiger partial charge in [-0.15, -0.1) is 0 Å². The van der Waals surface area contributed by atoms with Crippen LogP contribution in [0.25, 0.3) is 28.4 Å². The average molecular weight is 619 g/mol. The fourth-order valence-electron chi connectivity index (χ4n) is 7.51. The molecule has 0 atom stereocenters. The average Bonchev–Trinajstić information content (AvgIpc) is 3.62. The first-order chi connectivity index (χ1) is 22.4. The van der Waals surface area contributed by atoms with Crippen molar-refractivity contribution in [1.82, 2.24) is 14.9 Å². The van der Waals surface area contributed by atoms with Gasteiger partial charge in [0.1, 0.15) is 23.6 Å². The highest BCUT2D eigenvalue weighted by molar-refractivity contribution is 6.06. The Morgan fingerprint density at radius 2 is 1.76 bits per heavy atom. The number of carbonyl (C=O) groups is 3. The lowest BCUT2D eigenvalue weighted by molar-refractivity contribution is -0.131. The number of anilines is 1. The van der Waals surface area contributed by atoms with E-state index in [9.17, 15) is 14.4 Å². The number of hydrogen-bond donors (Lipinski definition) is 3. The SMILES string of the molecule is O=C(O)/C=C/c1ccc(NC(=O)C2(NC(=O)c3ccc4c(C5CCCCC5)c5n(c4c3)CCOc3cccnc3-5)CCCC2)cc1. The van der Waals surface area contributed by atoms with E-state index in [1.807, 2.05) is 30.5 Å². The van der Waals surface area contributed by atoms with Gasteiger partial charge >= 0.3 is 5.97 Å². The van der Waals surface area contributed by atoms with E-state index in [-0.39, 0.29) is 11.8 Å². The second kappa shape index (κ2) is 12.5. The maximum atomic E-state index is 13.9. The van der Waals surface area contributed by atoms with Crippen molar-refractivity contribution in [2.75, 3.05) is 11.9 Å². The molecule has 0 spiro atoms. The summed E-state index contributed by atoms with van der Waals surface area (Å²) in [5.41, 5.74) is 5.05. The van der Waals surface area contributed by atoms with Gasteiger partial charge in [-0.3, -0.25) is 14.6 Å². The van der Waals surface area contributed by atoms with Crippen LogP contribution in [0.3, 0.4) is 0 Å². The van der Waals surface area contributed by atoms with Crippen molar-refractivity contribution in [3.8, 4) is 17.1 Å². The number of nitrogens with zero attached hydrogens (tertiary/aromatic N) is 2. The molecule has 3 heterocycles. The Morgan fingerprint density at radius 1 is 0.978 bits per heavy atom. The first-order valence-corrected chi connectivity index (χ1v) is 16.3. The molecule has 7 rings (SSSR count). The quantitative estimate of drug-likeness (QED) is 0.193. The summed E-state index contributed by atoms with van der Waals surface area (Å²) in [5, 5.41) is 16.2. The Hall–Kier alpha value is -4.92. The summed E-state index contributed by atoms with van der Waals surface area (Å²) in [5.74, 6) is -0.327. The van der Waals surface area contributed by atoms with Crippen LogP contribution in [-0.2, 0) is 16.1 Å². The topological polar surface area (TPSA) is 123 Å². The number of rotatable bonds is 7. The number of fused-ring (bicyclic) bond motifs is 5. The second-order valence-electron chi connectivity index (χ2n) is 12.7. The molecule has 3 aliphatic rings. The largest absolute Gasteiger partial charge is 0.489 e. The number of benzene rings is 2. The molecular weight excluding hydrogens is 580 g/mol. The molecule has 46 heavy (non-hydrogen) atoms. The van der Waals surface area contributed by atoms with Crippen LogP contribution in [0.1, 0.15) is 85.2 Å². The number of hydrogen-bond acceptors (Lipinski definition) is 5. The number of pyridine rings is 1. The van der Waals surface area contributed by atoms with Gasteiger partial charge in [-0.1, -0.05) is 50.3 Å². The van der Waals surface area contributed by atoms with E-state index in [0.29, 0.717) is 48.7 Å². The highest BCUT2D eigenvalue weighted by atomic mass is 16.5. The van der Waals surface area contributed by atoms with E-state index in [2.05, 4.69) is 21.3 Å². The van der Waals surface area contributed by atoms with Crippen molar-refractivity contribution >= 4 is 40.4 Å². The highest BCUT2D eigenvalue weighted by Crippen LogP contribution is 2.46. The molecule has 9 heteroatoms. The van der Waals surface area contributed by atoms with E-state index >= 15 is 0 Å². The normalized spacial score (nSPS) is 17.6. The number of aliphatic carboxylic acids is 1. The molecule has 0 unspecified atom stereocenters. The molecule has 0 bridgehead atoms. The molecule has 2 amide bonds. The van der Waals surface area contributed by atoms with Crippen LogP contribution in [0, 0.1) is 0 Å². The van der Waals surface area contributed by atoms with Gasteiger partial charge < -0.3 is 25.0 Å². The maximum absolute atomic E-state index is 13.9. The molecule has 236 valence electrons. The van der Waals surface area contributed by atoms with Crippen molar-refractivity contribution in [3.05, 3.63) is 83.6 Å². The standard InChI is InChI=1S/C37H38N4O5/c42-31(43)17-12-24-10-14-27(15-11-24)39-36(45)37(18-4-5-19-37)40-35(44)26-13-16-28-29(23-26)41-21-22-46-30-9-6-20-38-33(30)34(41)32(28)25-7-2-1-3-8-25/h6,9-17,20,23,25H,1-5,7-8,18-19,21-22H2,(H,39,45)(H,40,44)(H,42,43)/b17-12+. The van der Waals surface area contributed by atoms with Crippen LogP contribution >= 0.6 is 0 Å². The number of carboxylic acid groups (broad SMARTS) is 1. The molecule has 3 N–H and O–H groups in total. The lowest BCUT2D eigenvalue weighted by Crippen LogP contribution is -2.55. The second-order valence-corrected chi connectivity index (χ2v) is 12.7. The molecule has 1 aliphatic heterocycles. The lowest BCUT2D eigenvalue weighted by Gasteiger charge is -2.29. The Labute approximate surface area is 267 Å². The van der Waals surface area contributed by atoms with Crippen LogP contribution < -0.4 is 15.4 Å². The van der Waals surface area contributed by atoms with Crippen molar-refractivity contribution in [2.24, 2.45) is 0 Å². The first kappa shape index (κ1) is 29.8. The van der Waals surface area contributed by atoms with Gasteiger partial charge in [-0.25, -0.2) is 4.79 Å². The van der Waals surface area contributed by atoms with Crippen LogP contribution in [0.4, 0.5) is 5.69 Å². The fourth-order valence-corrected chi connectivity index (χ4v) is 7.51. The summed E-state index contributed by atoms with van der Waals surface area (Å²) < 4.78 is 8.41. The van der Waals surface area contributed by atoms with Crippen molar-refractivity contribution in [3.63, 3.8) is 0 Å². The third-order valence-corrected chi connectivity index (χ3v) is 9.78. The zero-order valence-corrected chi connectivity index (χ0v) is 25.8. The molecule has 2 saturated carbocycles. The summed E-state index contributed by atoms with van der Waals surface area (Å²) in [6.45, 7) is 1.16. The number of carbonyl (C=O) groups excluding carboxylic acids is 2. The number of carboxylic acids is 1. The number of amides is 2. The van der Waals surface area contributed by atoms with E-state index < -0.39 is 11.5 Å². The predicted molar refractivity (Wildman–Crippen MR) is 177 cm³/mol. The molecule has 2 aromatic carbocycles. The van der Waals surface area contributed by atoms with Crippen molar-refractivity contribution < 1.29 is 24.2 Å². The van der Waals surface area contributed by atoms with Crippen LogP contribution in [0.5, 0.6) is 5.75 Å². The minimum Gasteiger partial charge on any atom is -0.489 e. The predicted octanol–water partition coefficient (Wildman–Crippen LogP) is 6.92. The third-order valence-electron chi connectivity index (χ3n) is 9.78. The molecular formula is C37H38N4O5. The van der Waals surface area contributed by atoms with E-state index in [0.717, 1.165) is 59.8 Å². The summed E-state index contributed by atoms with van der Waals surface area (Å²) in [6.07, 6.45) is 13.1. The third kappa shape index (κ3) is 5.66. The maximum Gasteiger partial charge on any atom is 0.328 e. The first-order valence-electron chi connectivity index (χ1n) is 16.3. The minimum atomic E-state index is -1.02. The van der Waals surface area contributed by atoms with Crippen molar-refractivity contribution in [2.45, 2.75) is 75.8 Å². The van der Waals surface area contributed by atoms with Gasteiger partial charge in [-0.2, -0.15) is 0 Å². The van der Waals surface area contributed by atoms with Gasteiger partial charge in [0.15, 0.2) is 0 Å². The van der Waals surface area contributed by atoms with E-state index in [1.54, 1.807) is 24.3 Å². The Balaban J connectivity index is 1.19. The van der Waals surface area contributed by atoms with Gasteiger partial charge in [-0.05, 0) is 85.2 Å². The molecule has 2 aromatic heterocycles. The summed E-state index contributed by atoms with van der Waals surface area (Å²) in [4.78, 5) is 43.2. The molecule has 2 aliphatic carbocycles. The molecule has 4 aromatic rings. The zero-order valence-electron chi connectivity index (χ0n) is 25.8. The van der Waals surface area contributed by atoms with E-state index in [4.69, 9.17) is 14.8 Å². The fraction of sp³-hybridized carbons (Fsp3) is 0.351. The Bertz CT molecular complexity index is 1830. The minimum absolute atomic E-state index is 0.246. The molecule has 2 fully saturated rings. The number of nitrogens with one attached hydrogen (secondary N) is 2. The summed E-state index contributed by atoms with van der Waals surface area (Å²) in [7, 11) is 0. The Morgan fingerprint density at radius 3 is 2.52 bits per heavy atom. The van der Waals surface area contributed by atoms with Gasteiger partial charge in [0.05, 0.1) is 12.2 Å². The number of ether oxygens (including phenoxy) is 1. The van der Waals surface area contributed by atoms with Crippen molar-refractivity contribution in [1.29, 1.82) is 0 Å². The highest BCUT2D eigenvalue weighted by Gasteiger charge is 2.43. The lowest BCUT2D eigenvalue weighted by atomic mass is 9.82. The van der Waals surface area contributed by atoms with Gasteiger partial charge in [0.2, 0.25) is 5.91 Å². The zero-order chi connectivity index (χ0) is 31.7. The smallest absolute Gasteiger partial charge is 0.328 e. The van der Waals surface area contributed by atoms with E-state index in [1.165, 1.54) is 30.9 Å². The molecule has 0 saturated heterocycles. The molecule has 0 radical (unpaired) electrons. The monoisotopic (exact) mass is 618 g/mol. The Kier molecular flexibility index (Phi) is 8.07. The van der Waals surface area contributed by atoms with Crippen LogP contribution in [0.2, 0.25) is 0 Å². The van der Waals surface area contributed by atoms with Crippen LogP contribution in [-0.4, -0.2) is 44.6 Å². The number of aromatic nitrogens is 2. The molecule has 9 nitrogen and oxygen atoms in total. The van der Waals surface area contributed by atoms with Crippen LogP contribution in [0.15, 0.2) is 66.9 Å². The van der Waals surface area contributed by atoms with Gasteiger partial charge in [0.25, 0.3) is 5.91 Å². The summed E-state index contributed by atoms with van der Waals surface area (Å²) in [6, 6.07) is 16.8. The van der Waals surface area contributed by atoms with Gasteiger partial charge in [0, 0.05) is 34.4 Å².